The summed E-state index contributed by atoms with van der Waals surface area (Å²) in [6.45, 7) is 3.46. The van der Waals surface area contributed by atoms with Crippen molar-refractivity contribution >= 4 is 19.8 Å². The van der Waals surface area contributed by atoms with E-state index < -0.39 is 32.5 Å². The smallest absolute Gasteiger partial charge is 0.462 e. The molecule has 0 spiro atoms. The number of ether oxygens (including phenoxy) is 2. The first-order valence-electron chi connectivity index (χ1n) is 38.6. The van der Waals surface area contributed by atoms with Crippen LogP contribution in [0.3, 0.4) is 0 Å². The molecule has 0 radical (unpaired) electrons. The lowest BCUT2D eigenvalue weighted by molar-refractivity contribution is -0.161. The van der Waals surface area contributed by atoms with Crippen LogP contribution < -0.4 is 5.73 Å². The molecule has 0 bridgehead atoms. The second-order valence-corrected chi connectivity index (χ2v) is 26.2. The molecule has 10 heteroatoms. The number of allylic oxidation sites excluding steroid dienone is 34. The molecule has 0 saturated carbocycles. The van der Waals surface area contributed by atoms with Gasteiger partial charge in [0, 0.05) is 19.4 Å². The van der Waals surface area contributed by atoms with Crippen LogP contribution in [0, 0.1) is 0 Å². The van der Waals surface area contributed by atoms with Crippen molar-refractivity contribution < 1.29 is 37.6 Å². The third-order valence-corrected chi connectivity index (χ3v) is 16.6. The molecule has 0 aliphatic carbocycles. The van der Waals surface area contributed by atoms with Crippen molar-refractivity contribution in [2.75, 3.05) is 26.4 Å². The second kappa shape index (κ2) is 79.6. The number of unbranched alkanes of at least 4 members (excludes halogenated alkanes) is 23. The molecule has 0 aromatic carbocycles. The van der Waals surface area contributed by atoms with E-state index in [2.05, 4.69) is 220 Å². The zero-order chi connectivity index (χ0) is 70.0. The highest BCUT2D eigenvalue weighted by molar-refractivity contribution is 7.47. The van der Waals surface area contributed by atoms with E-state index in [1.54, 1.807) is 0 Å². The van der Waals surface area contributed by atoms with Crippen molar-refractivity contribution in [3.05, 3.63) is 207 Å². The standard InChI is InChI=1S/C87H140NO8P/c1-3-5-7-9-11-13-15-17-19-21-23-25-27-29-31-33-35-37-39-41-42-44-46-48-50-52-54-56-58-60-62-64-66-68-70-72-74-76-78-80-87(90)96-85(84-95-97(91,92)94-82-81-88)83-93-86(89)79-77-75-73-71-69-67-65-63-61-59-57-55-53-51-49-47-45-43-40-38-36-34-32-30-28-26-24-22-20-18-16-14-12-10-8-6-4-2/h5-8,11-14,17-20,23-26,29-32,35,37,41-42,46,48,52,54,58,60,64,66,70,72,85H,3-4,9-10,15-16,21-22,27-28,33-34,36,38-40,43-45,47,49-51,53,55-57,59,61-63,65,67-69,71,73-84,88H2,1-2H3,(H,91,92)/b7-5-,8-6-,13-11-,14-12-,19-17-,20-18-,25-23-,26-24-,31-29-,32-30-,37-35-,42-41-,48-46-,54-52-,60-58-,66-64-,72-70-. The maximum Gasteiger partial charge on any atom is 0.472 e. The van der Waals surface area contributed by atoms with E-state index in [1.807, 2.05) is 0 Å². The highest BCUT2D eigenvalue weighted by Crippen LogP contribution is 2.43. The first-order valence-corrected chi connectivity index (χ1v) is 40.1. The van der Waals surface area contributed by atoms with Crippen LogP contribution in [0.25, 0.3) is 0 Å². The van der Waals surface area contributed by atoms with E-state index in [0.717, 1.165) is 141 Å². The Hall–Kier alpha value is -5.41. The third-order valence-electron chi connectivity index (χ3n) is 15.7. The number of carbonyl (C=O) groups is 2. The van der Waals surface area contributed by atoms with Crippen molar-refractivity contribution in [3.8, 4) is 0 Å². The minimum atomic E-state index is -4.42. The predicted molar refractivity (Wildman–Crippen MR) is 421 cm³/mol. The van der Waals surface area contributed by atoms with E-state index in [0.29, 0.717) is 6.42 Å². The summed E-state index contributed by atoms with van der Waals surface area (Å²) in [5.74, 6) is -0.884. The van der Waals surface area contributed by atoms with Crippen molar-refractivity contribution in [1.82, 2.24) is 0 Å². The lowest BCUT2D eigenvalue weighted by Crippen LogP contribution is -2.29. The van der Waals surface area contributed by atoms with Gasteiger partial charge < -0.3 is 20.1 Å². The number of phosphoric acid groups is 1. The van der Waals surface area contributed by atoms with Crippen LogP contribution in [0.2, 0.25) is 0 Å². The first-order chi connectivity index (χ1) is 47.8. The monoisotopic (exact) mass is 1360 g/mol. The zero-order valence-electron chi connectivity index (χ0n) is 61.5. The van der Waals surface area contributed by atoms with E-state index in [9.17, 15) is 19.0 Å². The Morgan fingerprint density at radius 2 is 0.536 bits per heavy atom. The molecule has 97 heavy (non-hydrogen) atoms. The van der Waals surface area contributed by atoms with Gasteiger partial charge in [-0.05, 0) is 148 Å². The summed E-state index contributed by atoms with van der Waals surface area (Å²) in [5, 5.41) is 0. The molecule has 0 aliphatic rings. The van der Waals surface area contributed by atoms with E-state index in [-0.39, 0.29) is 32.6 Å². The normalized spacial score (nSPS) is 14.1. The average Bonchev–Trinajstić information content (AvgIpc) is 2.88. The SMILES string of the molecule is CC/C=C\C/C=C\C/C=C\C/C=C\C/C=C\C/C=C\C/C=C\C/C=C\C/C=C\C/C=C\C/C=C\C/C=C\CCCCC(=O)OC(COC(=O)CCCCCCCCCCCCCCCCCCCCCCC/C=C\C/C=C\C/C=C\C/C=C\C/C=C\CC)COP(=O)(O)OCCN. The van der Waals surface area contributed by atoms with Gasteiger partial charge in [0.05, 0.1) is 13.2 Å². The van der Waals surface area contributed by atoms with Gasteiger partial charge in [-0.1, -0.05) is 342 Å². The number of hydrogen-bond donors (Lipinski definition) is 2. The Kier molecular flexibility index (Phi) is 75.1. The number of nitrogens with two attached hydrogens (primary N) is 1. The molecule has 0 aromatic rings. The Bertz CT molecular complexity index is 2350. The first kappa shape index (κ1) is 91.6. The summed E-state index contributed by atoms with van der Waals surface area (Å²) in [4.78, 5) is 35.4. The highest BCUT2D eigenvalue weighted by Gasteiger charge is 2.26. The Morgan fingerprint density at radius 1 is 0.309 bits per heavy atom. The molecule has 0 aromatic heterocycles. The quantitative estimate of drug-likeness (QED) is 0.0264. The van der Waals surface area contributed by atoms with E-state index in [4.69, 9.17) is 24.3 Å². The molecular weight excluding hydrogens is 1220 g/mol. The summed E-state index contributed by atoms with van der Waals surface area (Å²) in [7, 11) is -4.42. The molecule has 0 saturated heterocycles. The molecule has 9 nitrogen and oxygen atoms in total. The number of esters is 2. The van der Waals surface area contributed by atoms with Gasteiger partial charge in [-0.3, -0.25) is 18.6 Å². The summed E-state index contributed by atoms with van der Waals surface area (Å²) < 4.78 is 33.2. The second-order valence-electron chi connectivity index (χ2n) is 24.8. The fourth-order valence-corrected chi connectivity index (χ4v) is 10.8. The number of phosphoric ester groups is 1. The van der Waals surface area contributed by atoms with Gasteiger partial charge in [-0.25, -0.2) is 4.57 Å². The van der Waals surface area contributed by atoms with Gasteiger partial charge in [0.25, 0.3) is 0 Å². The maximum atomic E-state index is 12.8. The molecule has 0 heterocycles. The van der Waals surface area contributed by atoms with E-state index in [1.165, 1.54) is 122 Å². The lowest BCUT2D eigenvalue weighted by Gasteiger charge is -2.19. The largest absolute Gasteiger partial charge is 0.472 e. The summed E-state index contributed by atoms with van der Waals surface area (Å²) in [6.07, 6.45) is 122. The molecule has 0 fully saturated rings. The van der Waals surface area contributed by atoms with Crippen LogP contribution in [0.15, 0.2) is 207 Å². The van der Waals surface area contributed by atoms with Crippen LogP contribution in [-0.2, 0) is 32.7 Å². The predicted octanol–water partition coefficient (Wildman–Crippen LogP) is 26.2. The number of rotatable bonds is 70. The lowest BCUT2D eigenvalue weighted by atomic mass is 10.0. The van der Waals surface area contributed by atoms with Crippen LogP contribution >= 0.6 is 7.82 Å². The van der Waals surface area contributed by atoms with Gasteiger partial charge >= 0.3 is 19.8 Å². The van der Waals surface area contributed by atoms with Crippen LogP contribution in [-0.4, -0.2) is 49.3 Å². The molecule has 0 aliphatic heterocycles. The fourth-order valence-electron chi connectivity index (χ4n) is 10.1. The highest BCUT2D eigenvalue weighted by atomic mass is 31.2. The topological polar surface area (TPSA) is 134 Å². The minimum absolute atomic E-state index is 0.0371. The summed E-state index contributed by atoms with van der Waals surface area (Å²) in [5.41, 5.74) is 5.41. The fraction of sp³-hybridized carbons (Fsp3) is 0.586. The molecule has 3 N–H and O–H groups in total. The zero-order valence-corrected chi connectivity index (χ0v) is 62.4. The minimum Gasteiger partial charge on any atom is -0.462 e. The van der Waals surface area contributed by atoms with Gasteiger partial charge in [-0.2, -0.15) is 0 Å². The van der Waals surface area contributed by atoms with E-state index >= 15 is 0 Å². The third kappa shape index (κ3) is 79.5. The molecular formula is C87H140NO8P. The Morgan fingerprint density at radius 3 is 0.814 bits per heavy atom. The van der Waals surface area contributed by atoms with Crippen LogP contribution in [0.5, 0.6) is 0 Å². The number of carbonyl (C=O) groups excluding carboxylic acids is 2. The maximum absolute atomic E-state index is 12.8. The van der Waals surface area contributed by atoms with Gasteiger partial charge in [0.1, 0.15) is 6.61 Å². The molecule has 2 atom stereocenters. The average molecular weight is 1360 g/mol. The van der Waals surface area contributed by atoms with Crippen LogP contribution in [0.4, 0.5) is 0 Å². The number of hydrogen-bond acceptors (Lipinski definition) is 8. The molecule has 2 unspecified atom stereocenters. The van der Waals surface area contributed by atoms with Crippen molar-refractivity contribution in [2.45, 2.75) is 302 Å². The Labute approximate surface area is 595 Å². The summed E-state index contributed by atoms with van der Waals surface area (Å²) in [6, 6.07) is 0. The van der Waals surface area contributed by atoms with Gasteiger partial charge in [0.2, 0.25) is 0 Å². The van der Waals surface area contributed by atoms with Crippen LogP contribution in [0.1, 0.15) is 296 Å². The van der Waals surface area contributed by atoms with Gasteiger partial charge in [-0.15, -0.1) is 0 Å². The van der Waals surface area contributed by atoms with Crippen molar-refractivity contribution in [3.63, 3.8) is 0 Å². The van der Waals surface area contributed by atoms with Crippen molar-refractivity contribution in [1.29, 1.82) is 0 Å². The van der Waals surface area contributed by atoms with Crippen molar-refractivity contribution in [2.24, 2.45) is 5.73 Å². The van der Waals surface area contributed by atoms with Gasteiger partial charge in [0.15, 0.2) is 6.10 Å². The molecule has 0 amide bonds. The Balaban J connectivity index is 3.97. The summed E-state index contributed by atoms with van der Waals surface area (Å²) >= 11 is 0. The molecule has 546 valence electrons. The molecule has 0 rings (SSSR count).